The summed E-state index contributed by atoms with van der Waals surface area (Å²) in [5, 5.41) is 2.85. The summed E-state index contributed by atoms with van der Waals surface area (Å²) in [7, 11) is 1.52. The number of ether oxygens (including phenoxy) is 3. The monoisotopic (exact) mass is 386 g/mol. The van der Waals surface area contributed by atoms with Crippen LogP contribution in [0.3, 0.4) is 0 Å². The molecule has 4 rings (SSSR count). The first kappa shape index (κ1) is 18.5. The number of carbonyl (C=O) groups excluding carboxylic acids is 3. The molecule has 8 nitrogen and oxygen atoms in total. The molecule has 1 unspecified atom stereocenters. The largest absolute Gasteiger partial charge is 0.495 e. The Morgan fingerprint density at radius 1 is 1.36 bits per heavy atom. The van der Waals surface area contributed by atoms with Gasteiger partial charge < -0.3 is 24.4 Å². The number of nitrogens with one attached hydrogen (secondary N) is 1. The smallest absolute Gasteiger partial charge is 0.325 e. The highest BCUT2D eigenvalue weighted by Gasteiger charge is 2.67. The molecule has 0 saturated carbocycles. The van der Waals surface area contributed by atoms with Crippen molar-refractivity contribution in [1.82, 2.24) is 4.90 Å². The molecule has 148 valence electrons. The van der Waals surface area contributed by atoms with E-state index in [1.54, 1.807) is 31.2 Å². The number of amides is 2. The maximum absolute atomic E-state index is 13.0. The molecule has 2 amide bonds. The Labute approximate surface area is 162 Å². The van der Waals surface area contributed by atoms with E-state index in [0.29, 0.717) is 11.4 Å². The number of esters is 1. The molecule has 2 fully saturated rings. The second-order valence-electron chi connectivity index (χ2n) is 7.09. The highest BCUT2D eigenvalue weighted by atomic mass is 16.5. The lowest BCUT2D eigenvalue weighted by atomic mass is 9.76. The molecule has 3 aliphatic heterocycles. The van der Waals surface area contributed by atoms with E-state index in [2.05, 4.69) is 5.32 Å². The van der Waals surface area contributed by atoms with E-state index >= 15 is 0 Å². The highest BCUT2D eigenvalue weighted by Crippen LogP contribution is 2.52. The number of hydrogen-bond donors (Lipinski definition) is 1. The van der Waals surface area contributed by atoms with E-state index in [1.165, 1.54) is 12.0 Å². The summed E-state index contributed by atoms with van der Waals surface area (Å²) in [6.07, 6.45) is 3.20. The van der Waals surface area contributed by atoms with Crippen LogP contribution in [-0.2, 0) is 23.9 Å². The summed E-state index contributed by atoms with van der Waals surface area (Å²) in [6.45, 7) is 2.05. The van der Waals surface area contributed by atoms with E-state index in [1.807, 2.05) is 12.2 Å². The zero-order valence-corrected chi connectivity index (χ0v) is 15.7. The lowest BCUT2D eigenvalue weighted by Crippen LogP contribution is -2.42. The molecule has 3 heterocycles. The van der Waals surface area contributed by atoms with Crippen LogP contribution in [0.4, 0.5) is 5.69 Å². The highest BCUT2D eigenvalue weighted by molar-refractivity contribution is 6.00. The molecular weight excluding hydrogens is 364 g/mol. The third kappa shape index (κ3) is 2.84. The minimum atomic E-state index is -0.864. The van der Waals surface area contributed by atoms with E-state index in [0.717, 1.165) is 0 Å². The van der Waals surface area contributed by atoms with E-state index in [-0.39, 0.29) is 31.5 Å². The van der Waals surface area contributed by atoms with Crippen molar-refractivity contribution in [1.29, 1.82) is 0 Å². The van der Waals surface area contributed by atoms with Crippen molar-refractivity contribution in [3.63, 3.8) is 0 Å². The minimum absolute atomic E-state index is 0.145. The summed E-state index contributed by atoms with van der Waals surface area (Å²) < 4.78 is 16.3. The Morgan fingerprint density at radius 3 is 2.89 bits per heavy atom. The second-order valence-corrected chi connectivity index (χ2v) is 7.09. The van der Waals surface area contributed by atoms with Gasteiger partial charge in [-0.15, -0.1) is 0 Å². The fourth-order valence-corrected chi connectivity index (χ4v) is 4.34. The van der Waals surface area contributed by atoms with Crippen LogP contribution >= 0.6 is 0 Å². The quantitative estimate of drug-likeness (QED) is 0.579. The molecule has 8 heteroatoms. The second kappa shape index (κ2) is 6.94. The average molecular weight is 386 g/mol. The number of carbonyl (C=O) groups is 3. The molecule has 0 radical (unpaired) electrons. The number of benzene rings is 1. The molecule has 1 N–H and O–H groups in total. The van der Waals surface area contributed by atoms with Crippen molar-refractivity contribution in [2.24, 2.45) is 11.8 Å². The van der Waals surface area contributed by atoms with Crippen molar-refractivity contribution in [2.75, 3.05) is 32.1 Å². The van der Waals surface area contributed by atoms with Gasteiger partial charge in [-0.2, -0.15) is 0 Å². The van der Waals surface area contributed by atoms with Crippen LogP contribution in [-0.4, -0.2) is 61.2 Å². The predicted molar refractivity (Wildman–Crippen MR) is 98.6 cm³/mol. The van der Waals surface area contributed by atoms with E-state index in [9.17, 15) is 14.4 Å². The van der Waals surface area contributed by atoms with E-state index < -0.39 is 29.5 Å². The first-order valence-corrected chi connectivity index (χ1v) is 9.24. The molecule has 3 aliphatic rings. The van der Waals surface area contributed by atoms with Gasteiger partial charge >= 0.3 is 5.97 Å². The SMILES string of the molecule is CCOC(=O)CN1CC23C=C[C@@H](O2)[C@H](C(=O)Nc2ccccc2OC)[C@@H]3C1=O. The number of anilines is 1. The summed E-state index contributed by atoms with van der Waals surface area (Å²) >= 11 is 0. The molecule has 2 bridgehead atoms. The van der Waals surface area contributed by atoms with Gasteiger partial charge in [0.2, 0.25) is 11.8 Å². The van der Waals surface area contributed by atoms with Gasteiger partial charge in [-0.1, -0.05) is 24.3 Å². The van der Waals surface area contributed by atoms with Gasteiger partial charge in [0.05, 0.1) is 43.9 Å². The Balaban J connectivity index is 1.55. The van der Waals surface area contributed by atoms with Crippen molar-refractivity contribution in [3.8, 4) is 5.75 Å². The number of methoxy groups -OCH3 is 1. The third-order valence-corrected chi connectivity index (χ3v) is 5.47. The van der Waals surface area contributed by atoms with Gasteiger partial charge in [0, 0.05) is 0 Å². The van der Waals surface area contributed by atoms with Crippen LogP contribution in [0, 0.1) is 11.8 Å². The molecule has 1 aromatic rings. The predicted octanol–water partition coefficient (Wildman–Crippen LogP) is 0.979. The Bertz CT molecular complexity index is 853. The van der Waals surface area contributed by atoms with Crippen LogP contribution in [0.5, 0.6) is 5.75 Å². The van der Waals surface area contributed by atoms with Gasteiger partial charge in [0.15, 0.2) is 0 Å². The Kier molecular flexibility index (Phi) is 4.58. The minimum Gasteiger partial charge on any atom is -0.495 e. The normalized spacial score (nSPS) is 29.7. The summed E-state index contributed by atoms with van der Waals surface area (Å²) in [4.78, 5) is 39.3. The van der Waals surface area contributed by atoms with Crippen molar-refractivity contribution < 1.29 is 28.6 Å². The average Bonchev–Trinajstić information content (AvgIpc) is 3.31. The number of para-hydroxylation sites is 2. The van der Waals surface area contributed by atoms with Gasteiger partial charge in [-0.25, -0.2) is 0 Å². The molecule has 0 aromatic heterocycles. The van der Waals surface area contributed by atoms with Gasteiger partial charge in [0.1, 0.15) is 17.9 Å². The lowest BCUT2D eigenvalue weighted by Gasteiger charge is -2.23. The van der Waals surface area contributed by atoms with Crippen molar-refractivity contribution in [2.45, 2.75) is 18.6 Å². The maximum atomic E-state index is 13.0. The van der Waals surface area contributed by atoms with Crippen molar-refractivity contribution in [3.05, 3.63) is 36.4 Å². The standard InChI is InChI=1S/C20H22N2O6/c1-3-27-15(23)10-22-11-20-9-8-14(28-20)16(17(20)19(22)25)18(24)21-12-6-4-5-7-13(12)26-2/h4-9,14,16-17H,3,10-11H2,1-2H3,(H,21,24)/t14-,16+,17-,20?/m1/s1. The van der Waals surface area contributed by atoms with Crippen LogP contribution in [0.1, 0.15) is 6.92 Å². The van der Waals surface area contributed by atoms with Crippen molar-refractivity contribution >= 4 is 23.5 Å². The fourth-order valence-electron chi connectivity index (χ4n) is 4.34. The van der Waals surface area contributed by atoms with Crippen LogP contribution < -0.4 is 10.1 Å². The Morgan fingerprint density at radius 2 is 2.14 bits per heavy atom. The van der Waals surface area contributed by atoms with Gasteiger partial charge in [-0.3, -0.25) is 14.4 Å². The summed E-state index contributed by atoms with van der Waals surface area (Å²) in [5.74, 6) is -1.84. The van der Waals surface area contributed by atoms with Gasteiger partial charge in [0.25, 0.3) is 0 Å². The van der Waals surface area contributed by atoms with Crippen LogP contribution in [0.15, 0.2) is 36.4 Å². The summed E-state index contributed by atoms with van der Waals surface area (Å²) in [5.41, 5.74) is -0.332. The zero-order valence-electron chi connectivity index (χ0n) is 15.7. The summed E-state index contributed by atoms with van der Waals surface area (Å²) in [6, 6.07) is 7.08. The lowest BCUT2D eigenvalue weighted by molar-refractivity contribution is -0.148. The van der Waals surface area contributed by atoms with Crippen LogP contribution in [0.25, 0.3) is 0 Å². The van der Waals surface area contributed by atoms with Crippen LogP contribution in [0.2, 0.25) is 0 Å². The first-order valence-electron chi connectivity index (χ1n) is 9.24. The third-order valence-electron chi connectivity index (χ3n) is 5.47. The van der Waals surface area contributed by atoms with E-state index in [4.69, 9.17) is 14.2 Å². The maximum Gasteiger partial charge on any atom is 0.325 e. The topological polar surface area (TPSA) is 94.2 Å². The number of likely N-dealkylation sites (tertiary alicyclic amines) is 1. The fraction of sp³-hybridized carbons (Fsp3) is 0.450. The number of rotatable bonds is 6. The zero-order chi connectivity index (χ0) is 19.9. The molecular formula is C20H22N2O6. The molecule has 0 aliphatic carbocycles. The molecule has 2 saturated heterocycles. The number of hydrogen-bond acceptors (Lipinski definition) is 6. The van der Waals surface area contributed by atoms with Gasteiger partial charge in [-0.05, 0) is 19.1 Å². The molecule has 1 spiro atoms. The number of nitrogens with zero attached hydrogens (tertiary/aromatic N) is 1. The molecule has 28 heavy (non-hydrogen) atoms. The first-order chi connectivity index (χ1) is 13.5. The number of fused-ring (bicyclic) bond motifs is 1. The molecule has 1 aromatic carbocycles. The Hall–Kier alpha value is -2.87. The molecule has 4 atom stereocenters.